The molecule has 130 valence electrons. The van der Waals surface area contributed by atoms with Crippen molar-refractivity contribution in [2.75, 3.05) is 31.6 Å². The van der Waals surface area contributed by atoms with Crippen molar-refractivity contribution < 1.29 is 19.4 Å². The van der Waals surface area contributed by atoms with E-state index in [9.17, 15) is 14.7 Å². The molecule has 2 atom stereocenters. The molecule has 1 amide bonds. The molecule has 6 nitrogen and oxygen atoms in total. The van der Waals surface area contributed by atoms with Gasteiger partial charge in [-0.1, -0.05) is 26.0 Å². The number of hydrogen-bond donors (Lipinski definition) is 2. The van der Waals surface area contributed by atoms with Gasteiger partial charge in [0.2, 0.25) is 5.91 Å². The minimum absolute atomic E-state index is 0.215. The van der Waals surface area contributed by atoms with Crippen molar-refractivity contribution in [2.24, 2.45) is 17.3 Å². The number of amides is 1. The van der Waals surface area contributed by atoms with Gasteiger partial charge in [0, 0.05) is 25.3 Å². The summed E-state index contributed by atoms with van der Waals surface area (Å²) in [6.07, 6.45) is 0. The van der Waals surface area contributed by atoms with Crippen LogP contribution in [0.5, 0.6) is 0 Å². The molecule has 0 bridgehead atoms. The predicted octanol–water partition coefficient (Wildman–Crippen LogP) is 1.81. The molecule has 1 aromatic rings. The molecule has 2 fully saturated rings. The average Bonchev–Trinajstić information content (AvgIpc) is 3.13. The Hall–Kier alpha value is -1.92. The molecule has 24 heavy (non-hydrogen) atoms. The number of carbonyl (C=O) groups is 2. The second-order valence-corrected chi connectivity index (χ2v) is 7.19. The lowest BCUT2D eigenvalue weighted by atomic mass is 10.1. The van der Waals surface area contributed by atoms with Crippen LogP contribution in [0.15, 0.2) is 24.3 Å². The minimum atomic E-state index is -0.902. The third kappa shape index (κ3) is 3.44. The molecule has 2 aliphatic rings. The van der Waals surface area contributed by atoms with Crippen LogP contribution in [0.1, 0.15) is 19.4 Å². The summed E-state index contributed by atoms with van der Waals surface area (Å²) in [6, 6.07) is 7.74. The fourth-order valence-electron chi connectivity index (χ4n) is 3.52. The van der Waals surface area contributed by atoms with Gasteiger partial charge in [0.15, 0.2) is 0 Å². The molecule has 1 aliphatic carbocycles. The summed E-state index contributed by atoms with van der Waals surface area (Å²) >= 11 is 0. The molecule has 2 unspecified atom stereocenters. The highest BCUT2D eigenvalue weighted by molar-refractivity contribution is 5.99. The Labute approximate surface area is 141 Å². The largest absolute Gasteiger partial charge is 0.481 e. The molecule has 1 aromatic carbocycles. The normalized spacial score (nSPS) is 25.9. The summed E-state index contributed by atoms with van der Waals surface area (Å²) in [7, 11) is 0. The lowest BCUT2D eigenvalue weighted by molar-refractivity contribution is -0.140. The van der Waals surface area contributed by atoms with E-state index in [4.69, 9.17) is 4.74 Å². The van der Waals surface area contributed by atoms with Crippen LogP contribution in [0.25, 0.3) is 0 Å². The fourth-order valence-corrected chi connectivity index (χ4v) is 3.52. The zero-order valence-corrected chi connectivity index (χ0v) is 14.1. The van der Waals surface area contributed by atoms with E-state index in [0.717, 1.165) is 32.8 Å². The number of nitrogens with zero attached hydrogens (tertiary/aromatic N) is 1. The molecule has 1 saturated heterocycles. The lowest BCUT2D eigenvalue weighted by Crippen LogP contribution is -2.35. The van der Waals surface area contributed by atoms with Crippen LogP contribution in [0.3, 0.4) is 0 Å². The standard InChI is InChI=1S/C18H24N2O4/c1-18(2)14(15(18)17(22)23)16(21)19-13-5-3-12(4-6-13)11-20-7-9-24-10-8-20/h3-6,14-15H,7-11H2,1-2H3,(H,19,21)(H,22,23). The number of carboxylic acid groups (broad SMARTS) is 1. The van der Waals surface area contributed by atoms with Gasteiger partial charge in [0.25, 0.3) is 0 Å². The maximum absolute atomic E-state index is 12.3. The summed E-state index contributed by atoms with van der Waals surface area (Å²) in [4.78, 5) is 25.8. The monoisotopic (exact) mass is 332 g/mol. The second kappa shape index (κ2) is 6.53. The maximum Gasteiger partial charge on any atom is 0.307 e. The molecular weight excluding hydrogens is 308 g/mol. The van der Waals surface area contributed by atoms with E-state index in [2.05, 4.69) is 10.2 Å². The predicted molar refractivity (Wildman–Crippen MR) is 89.6 cm³/mol. The third-order valence-electron chi connectivity index (χ3n) is 5.11. The molecule has 2 N–H and O–H groups in total. The summed E-state index contributed by atoms with van der Waals surface area (Å²) in [6.45, 7) is 7.93. The van der Waals surface area contributed by atoms with E-state index in [0.29, 0.717) is 5.69 Å². The van der Waals surface area contributed by atoms with Crippen LogP contribution < -0.4 is 5.32 Å². The van der Waals surface area contributed by atoms with E-state index in [1.807, 2.05) is 38.1 Å². The molecule has 0 spiro atoms. The van der Waals surface area contributed by atoms with E-state index < -0.39 is 23.2 Å². The van der Waals surface area contributed by atoms with E-state index in [-0.39, 0.29) is 5.91 Å². The minimum Gasteiger partial charge on any atom is -0.481 e. The molecule has 6 heteroatoms. The van der Waals surface area contributed by atoms with Gasteiger partial charge in [-0.2, -0.15) is 0 Å². The number of benzene rings is 1. The van der Waals surface area contributed by atoms with Crippen molar-refractivity contribution in [1.29, 1.82) is 0 Å². The number of aliphatic carboxylic acids is 1. The zero-order valence-electron chi connectivity index (χ0n) is 14.1. The number of hydrogen-bond acceptors (Lipinski definition) is 4. The highest BCUT2D eigenvalue weighted by Gasteiger charge is 2.65. The summed E-state index contributed by atoms with van der Waals surface area (Å²) < 4.78 is 5.34. The Morgan fingerprint density at radius 1 is 1.21 bits per heavy atom. The topological polar surface area (TPSA) is 78.9 Å². The average molecular weight is 332 g/mol. The Morgan fingerprint density at radius 3 is 2.38 bits per heavy atom. The van der Waals surface area contributed by atoms with Crippen molar-refractivity contribution in [2.45, 2.75) is 20.4 Å². The number of nitrogens with one attached hydrogen (secondary N) is 1. The second-order valence-electron chi connectivity index (χ2n) is 7.19. The number of ether oxygens (including phenoxy) is 1. The van der Waals surface area contributed by atoms with Gasteiger partial charge in [-0.05, 0) is 23.1 Å². The van der Waals surface area contributed by atoms with Gasteiger partial charge in [0.1, 0.15) is 0 Å². The molecule has 1 aliphatic heterocycles. The number of rotatable bonds is 5. The highest BCUT2D eigenvalue weighted by Crippen LogP contribution is 2.58. The number of morpholine rings is 1. The number of carboxylic acids is 1. The van der Waals surface area contributed by atoms with Crippen LogP contribution in [0.4, 0.5) is 5.69 Å². The van der Waals surface area contributed by atoms with Crippen LogP contribution in [0.2, 0.25) is 0 Å². The summed E-state index contributed by atoms with van der Waals surface area (Å²) in [5.41, 5.74) is 1.41. The van der Waals surface area contributed by atoms with Gasteiger partial charge < -0.3 is 15.2 Å². The first-order chi connectivity index (χ1) is 11.4. The Bertz CT molecular complexity index is 620. The third-order valence-corrected chi connectivity index (χ3v) is 5.11. The van der Waals surface area contributed by atoms with Crippen molar-refractivity contribution in [3.05, 3.63) is 29.8 Å². The Kier molecular flexibility index (Phi) is 4.60. The maximum atomic E-state index is 12.3. The van der Waals surface area contributed by atoms with Gasteiger partial charge in [-0.25, -0.2) is 0 Å². The van der Waals surface area contributed by atoms with Crippen LogP contribution in [-0.2, 0) is 20.9 Å². The van der Waals surface area contributed by atoms with Gasteiger partial charge in [-0.15, -0.1) is 0 Å². The van der Waals surface area contributed by atoms with E-state index in [1.54, 1.807) is 0 Å². The van der Waals surface area contributed by atoms with Gasteiger partial charge >= 0.3 is 5.97 Å². The SMILES string of the molecule is CC1(C)C(C(=O)O)C1C(=O)Nc1ccc(CN2CCOCC2)cc1. The Balaban J connectivity index is 1.56. The van der Waals surface area contributed by atoms with Gasteiger partial charge in [0.05, 0.1) is 25.0 Å². The van der Waals surface area contributed by atoms with Crippen LogP contribution >= 0.6 is 0 Å². The quantitative estimate of drug-likeness (QED) is 0.860. The van der Waals surface area contributed by atoms with Crippen molar-refractivity contribution in [3.8, 4) is 0 Å². The highest BCUT2D eigenvalue weighted by atomic mass is 16.5. The summed E-state index contributed by atoms with van der Waals surface area (Å²) in [5.74, 6) is -2.18. The first-order valence-corrected chi connectivity index (χ1v) is 8.32. The lowest BCUT2D eigenvalue weighted by Gasteiger charge is -2.26. The van der Waals surface area contributed by atoms with Crippen molar-refractivity contribution in [3.63, 3.8) is 0 Å². The fraction of sp³-hybridized carbons (Fsp3) is 0.556. The molecule has 1 heterocycles. The van der Waals surface area contributed by atoms with E-state index in [1.165, 1.54) is 5.56 Å². The van der Waals surface area contributed by atoms with Crippen LogP contribution in [-0.4, -0.2) is 48.2 Å². The molecule has 0 aromatic heterocycles. The smallest absolute Gasteiger partial charge is 0.307 e. The van der Waals surface area contributed by atoms with Gasteiger partial charge in [-0.3, -0.25) is 14.5 Å². The molecule has 1 saturated carbocycles. The first-order valence-electron chi connectivity index (χ1n) is 8.32. The molecular formula is C18H24N2O4. The number of anilines is 1. The molecule has 3 rings (SSSR count). The van der Waals surface area contributed by atoms with Crippen LogP contribution in [0, 0.1) is 17.3 Å². The molecule has 0 radical (unpaired) electrons. The number of carbonyl (C=O) groups excluding carboxylic acids is 1. The zero-order chi connectivity index (χ0) is 17.3. The van der Waals surface area contributed by atoms with Crippen molar-refractivity contribution in [1.82, 2.24) is 4.90 Å². The van der Waals surface area contributed by atoms with E-state index >= 15 is 0 Å². The Morgan fingerprint density at radius 2 is 1.83 bits per heavy atom. The first kappa shape index (κ1) is 16.9. The van der Waals surface area contributed by atoms with Crippen molar-refractivity contribution >= 4 is 17.6 Å². The summed E-state index contributed by atoms with van der Waals surface area (Å²) in [5, 5.41) is 12.0.